The van der Waals surface area contributed by atoms with Crippen LogP contribution in [0.25, 0.3) is 0 Å². The number of ketones is 1. The normalized spacial score (nSPS) is 17.3. The van der Waals surface area contributed by atoms with Crippen molar-refractivity contribution in [3.05, 3.63) is 65.9 Å². The summed E-state index contributed by atoms with van der Waals surface area (Å²) in [4.78, 5) is 27.2. The van der Waals surface area contributed by atoms with E-state index >= 15 is 0 Å². The standard InChI is InChI=1S/C23H26N2O2S/c1-15(28-18-12-10-17(11-13-18)24-16(2)26)21(27)14-22-23(3,4)19-8-6-7-9-20(19)25(22)5/h6-15H,1-5H3,(H,24,26)/b22-14+/t15-/m0/s1. The molecule has 1 atom stereocenters. The summed E-state index contributed by atoms with van der Waals surface area (Å²) in [7, 11) is 2.02. The number of nitrogens with zero attached hydrogens (tertiary/aromatic N) is 1. The number of fused-ring (bicyclic) bond motifs is 1. The lowest BCUT2D eigenvalue weighted by molar-refractivity contribution is -0.114. The third-order valence-corrected chi connectivity index (χ3v) is 6.24. The average molecular weight is 395 g/mol. The molecule has 0 aromatic heterocycles. The first kappa shape index (κ1) is 20.2. The molecule has 146 valence electrons. The molecule has 1 aliphatic rings. The van der Waals surface area contributed by atoms with Gasteiger partial charge in [-0.15, -0.1) is 11.8 Å². The lowest BCUT2D eigenvalue weighted by Gasteiger charge is -2.24. The molecule has 0 spiro atoms. The lowest BCUT2D eigenvalue weighted by atomic mass is 9.83. The van der Waals surface area contributed by atoms with Crippen molar-refractivity contribution < 1.29 is 9.59 Å². The second kappa shape index (κ2) is 7.84. The quantitative estimate of drug-likeness (QED) is 0.572. The molecule has 0 unspecified atom stereocenters. The van der Waals surface area contributed by atoms with Crippen molar-refractivity contribution in [1.82, 2.24) is 0 Å². The van der Waals surface area contributed by atoms with E-state index in [1.165, 1.54) is 24.2 Å². The highest BCUT2D eigenvalue weighted by Crippen LogP contribution is 2.46. The Morgan fingerprint density at radius 1 is 1.11 bits per heavy atom. The zero-order chi connectivity index (χ0) is 20.5. The average Bonchev–Trinajstić information content (AvgIpc) is 2.84. The molecular weight excluding hydrogens is 368 g/mol. The molecule has 0 bridgehead atoms. The molecule has 2 aromatic carbocycles. The second-order valence-electron chi connectivity index (χ2n) is 7.60. The summed E-state index contributed by atoms with van der Waals surface area (Å²) in [5.74, 6) is -0.00135. The van der Waals surface area contributed by atoms with Crippen molar-refractivity contribution in [2.24, 2.45) is 0 Å². The monoisotopic (exact) mass is 394 g/mol. The summed E-state index contributed by atoms with van der Waals surface area (Å²) in [6.45, 7) is 7.73. The molecule has 1 heterocycles. The number of para-hydroxylation sites is 1. The van der Waals surface area contributed by atoms with Gasteiger partial charge in [0.15, 0.2) is 5.78 Å². The molecule has 3 rings (SSSR count). The van der Waals surface area contributed by atoms with Gasteiger partial charge < -0.3 is 10.2 Å². The van der Waals surface area contributed by atoms with Crippen molar-refractivity contribution in [2.75, 3.05) is 17.3 Å². The minimum atomic E-state index is -0.203. The Bertz CT molecular complexity index is 932. The molecule has 0 aliphatic carbocycles. The van der Waals surface area contributed by atoms with Gasteiger partial charge in [0.2, 0.25) is 5.91 Å². The van der Waals surface area contributed by atoms with Crippen LogP contribution in [-0.4, -0.2) is 24.0 Å². The predicted octanol–water partition coefficient (Wildman–Crippen LogP) is 5.01. The van der Waals surface area contributed by atoms with Gasteiger partial charge >= 0.3 is 0 Å². The fourth-order valence-electron chi connectivity index (χ4n) is 3.59. The molecule has 2 aromatic rings. The number of likely N-dealkylation sites (N-methyl/N-ethyl adjacent to an activating group) is 1. The highest BCUT2D eigenvalue weighted by Gasteiger charge is 2.38. The maximum absolute atomic E-state index is 12.9. The number of benzene rings is 2. The van der Waals surface area contributed by atoms with Gasteiger partial charge in [0, 0.05) is 47.4 Å². The van der Waals surface area contributed by atoms with Gasteiger partial charge in [0.05, 0.1) is 5.25 Å². The zero-order valence-corrected chi connectivity index (χ0v) is 17.8. The van der Waals surface area contributed by atoms with Crippen LogP contribution in [0.3, 0.4) is 0 Å². The van der Waals surface area contributed by atoms with Crippen molar-refractivity contribution >= 4 is 34.8 Å². The fourth-order valence-corrected chi connectivity index (χ4v) is 4.48. The van der Waals surface area contributed by atoms with Crippen LogP contribution in [-0.2, 0) is 15.0 Å². The van der Waals surface area contributed by atoms with Crippen LogP contribution in [0.1, 0.15) is 33.3 Å². The zero-order valence-electron chi connectivity index (χ0n) is 16.9. The fraction of sp³-hybridized carbons (Fsp3) is 0.304. The Balaban J connectivity index is 1.74. The number of carbonyl (C=O) groups is 2. The smallest absolute Gasteiger partial charge is 0.221 e. The van der Waals surface area contributed by atoms with Gasteiger partial charge in [0.25, 0.3) is 0 Å². The van der Waals surface area contributed by atoms with E-state index in [2.05, 4.69) is 36.2 Å². The van der Waals surface area contributed by atoms with E-state index in [1.807, 2.05) is 50.4 Å². The third-order valence-electron chi connectivity index (χ3n) is 5.11. The van der Waals surface area contributed by atoms with Crippen LogP contribution in [0.5, 0.6) is 0 Å². The van der Waals surface area contributed by atoms with Gasteiger partial charge in [-0.2, -0.15) is 0 Å². The molecule has 0 radical (unpaired) electrons. The van der Waals surface area contributed by atoms with Crippen LogP contribution < -0.4 is 10.2 Å². The van der Waals surface area contributed by atoms with Crippen molar-refractivity contribution in [3.8, 4) is 0 Å². The maximum atomic E-state index is 12.9. The first-order chi connectivity index (χ1) is 13.2. The molecule has 4 nitrogen and oxygen atoms in total. The number of carbonyl (C=O) groups excluding carboxylic acids is 2. The summed E-state index contributed by atoms with van der Waals surface area (Å²) in [6.07, 6.45) is 1.79. The number of allylic oxidation sites excluding steroid dienone is 2. The summed E-state index contributed by atoms with van der Waals surface area (Å²) in [5.41, 5.74) is 3.97. The van der Waals surface area contributed by atoms with Crippen molar-refractivity contribution in [2.45, 2.75) is 43.3 Å². The number of thioether (sulfide) groups is 1. The van der Waals surface area contributed by atoms with E-state index < -0.39 is 0 Å². The summed E-state index contributed by atoms with van der Waals surface area (Å²) in [5, 5.41) is 2.55. The molecule has 28 heavy (non-hydrogen) atoms. The molecule has 0 saturated heterocycles. The first-order valence-electron chi connectivity index (χ1n) is 9.33. The van der Waals surface area contributed by atoms with Crippen LogP contribution in [0.4, 0.5) is 11.4 Å². The second-order valence-corrected chi connectivity index (χ2v) is 9.01. The minimum absolute atomic E-state index is 0.0960. The number of hydrogen-bond acceptors (Lipinski definition) is 4. The third kappa shape index (κ3) is 3.99. The number of nitrogens with one attached hydrogen (secondary N) is 1. The predicted molar refractivity (Wildman–Crippen MR) is 117 cm³/mol. The summed E-state index contributed by atoms with van der Waals surface area (Å²) < 4.78 is 0. The van der Waals surface area contributed by atoms with E-state index in [1.54, 1.807) is 6.08 Å². The molecule has 1 amide bonds. The molecule has 1 N–H and O–H groups in total. The van der Waals surface area contributed by atoms with Crippen molar-refractivity contribution in [3.63, 3.8) is 0 Å². The van der Waals surface area contributed by atoms with Gasteiger partial charge in [0.1, 0.15) is 0 Å². The maximum Gasteiger partial charge on any atom is 0.221 e. The number of amides is 1. The van der Waals surface area contributed by atoms with Crippen LogP contribution in [0, 0.1) is 0 Å². The molecular formula is C23H26N2O2S. The first-order valence-corrected chi connectivity index (χ1v) is 10.2. The Kier molecular flexibility index (Phi) is 5.66. The van der Waals surface area contributed by atoms with E-state index in [4.69, 9.17) is 0 Å². The van der Waals surface area contributed by atoms with E-state index in [9.17, 15) is 9.59 Å². The van der Waals surface area contributed by atoms with Gasteiger partial charge in [-0.1, -0.05) is 32.0 Å². The Hall–Kier alpha value is -2.53. The lowest BCUT2D eigenvalue weighted by Crippen LogP contribution is -2.25. The largest absolute Gasteiger partial charge is 0.347 e. The van der Waals surface area contributed by atoms with E-state index in [0.29, 0.717) is 0 Å². The summed E-state index contributed by atoms with van der Waals surface area (Å²) >= 11 is 1.52. The number of hydrogen-bond donors (Lipinski definition) is 1. The van der Waals surface area contributed by atoms with Gasteiger partial charge in [-0.25, -0.2) is 0 Å². The van der Waals surface area contributed by atoms with Crippen LogP contribution >= 0.6 is 11.8 Å². The summed E-state index contributed by atoms with van der Waals surface area (Å²) in [6, 6.07) is 15.8. The Labute approximate surface area is 171 Å². The highest BCUT2D eigenvalue weighted by molar-refractivity contribution is 8.00. The molecule has 1 aliphatic heterocycles. The van der Waals surface area contributed by atoms with E-state index in [0.717, 1.165) is 22.0 Å². The van der Waals surface area contributed by atoms with Gasteiger partial charge in [-0.3, -0.25) is 9.59 Å². The Morgan fingerprint density at radius 3 is 2.36 bits per heavy atom. The minimum Gasteiger partial charge on any atom is -0.347 e. The van der Waals surface area contributed by atoms with E-state index in [-0.39, 0.29) is 22.4 Å². The molecule has 0 saturated carbocycles. The highest BCUT2D eigenvalue weighted by atomic mass is 32.2. The molecule has 0 fully saturated rings. The molecule has 5 heteroatoms. The van der Waals surface area contributed by atoms with Crippen LogP contribution in [0.15, 0.2) is 65.2 Å². The number of rotatable bonds is 5. The van der Waals surface area contributed by atoms with Crippen LogP contribution in [0.2, 0.25) is 0 Å². The topological polar surface area (TPSA) is 49.4 Å². The number of anilines is 2. The SMILES string of the molecule is CC(=O)Nc1ccc(S[C@@H](C)C(=O)/C=C2/N(C)c3ccccc3C2(C)C)cc1. The Morgan fingerprint density at radius 2 is 1.75 bits per heavy atom. The van der Waals surface area contributed by atoms with Crippen molar-refractivity contribution in [1.29, 1.82) is 0 Å². The van der Waals surface area contributed by atoms with Gasteiger partial charge in [-0.05, 0) is 42.8 Å².